The van der Waals surface area contributed by atoms with E-state index in [2.05, 4.69) is 22.2 Å². The van der Waals surface area contributed by atoms with Crippen LogP contribution in [0, 0.1) is 36.5 Å². The number of aromatic amines is 1. The quantitative estimate of drug-likeness (QED) is 0.782. The smallest absolute Gasteiger partial charge is 0.276 e. The second kappa shape index (κ2) is 5.43. The molecule has 0 spiro atoms. The molecule has 112 valence electrons. The predicted octanol–water partition coefficient (Wildman–Crippen LogP) is 1.97. The zero-order valence-corrected chi connectivity index (χ0v) is 12.7. The van der Waals surface area contributed by atoms with E-state index in [1.165, 1.54) is 4.52 Å². The molecule has 0 bridgehead atoms. The molecule has 6 nitrogen and oxygen atoms in total. The van der Waals surface area contributed by atoms with Crippen LogP contribution in [0.15, 0.2) is 29.1 Å². The summed E-state index contributed by atoms with van der Waals surface area (Å²) in [6.07, 6.45) is 0.423. The summed E-state index contributed by atoms with van der Waals surface area (Å²) in [4.78, 5) is 17.1. The van der Waals surface area contributed by atoms with Crippen molar-refractivity contribution in [2.45, 2.75) is 20.3 Å². The maximum atomic E-state index is 12.7. The molecule has 0 aliphatic rings. The first-order valence-corrected chi connectivity index (χ1v) is 7.05. The van der Waals surface area contributed by atoms with E-state index in [1.54, 1.807) is 26.0 Å². The Labute approximate surface area is 132 Å². The molecule has 0 unspecified atom stereocenters. The van der Waals surface area contributed by atoms with E-state index in [0.717, 1.165) is 5.56 Å². The van der Waals surface area contributed by atoms with E-state index >= 15 is 0 Å². The first-order valence-electron chi connectivity index (χ1n) is 7.05. The number of fused-ring (bicyclic) bond motifs is 1. The largest absolute Gasteiger partial charge is 0.293 e. The minimum atomic E-state index is -0.207. The van der Waals surface area contributed by atoms with E-state index in [-0.39, 0.29) is 5.56 Å². The summed E-state index contributed by atoms with van der Waals surface area (Å²) in [5, 5.41) is 20.9. The van der Waals surface area contributed by atoms with Gasteiger partial charge in [-0.2, -0.15) is 15.0 Å². The van der Waals surface area contributed by atoms with Crippen molar-refractivity contribution in [3.8, 4) is 12.1 Å². The van der Waals surface area contributed by atoms with Crippen LogP contribution < -0.4 is 5.56 Å². The number of hydrogen-bond donors (Lipinski definition) is 1. The van der Waals surface area contributed by atoms with Gasteiger partial charge in [0.25, 0.3) is 5.56 Å². The third kappa shape index (κ3) is 2.37. The second-order valence-electron chi connectivity index (χ2n) is 5.35. The van der Waals surface area contributed by atoms with Gasteiger partial charge in [0.2, 0.25) is 0 Å². The highest BCUT2D eigenvalue weighted by Gasteiger charge is 2.16. The molecule has 1 N–H and O–H groups in total. The van der Waals surface area contributed by atoms with Crippen LogP contribution in [0.2, 0.25) is 0 Å². The number of nitrogens with one attached hydrogen (secondary N) is 1. The minimum absolute atomic E-state index is 0.207. The average Bonchev–Trinajstić information content (AvgIpc) is 2.87. The van der Waals surface area contributed by atoms with Gasteiger partial charge in [0.15, 0.2) is 5.65 Å². The van der Waals surface area contributed by atoms with Gasteiger partial charge in [-0.1, -0.05) is 12.1 Å². The van der Waals surface area contributed by atoms with Crippen molar-refractivity contribution >= 4 is 5.65 Å². The fraction of sp³-hybridized carbons (Fsp3) is 0.176. The van der Waals surface area contributed by atoms with E-state index in [0.29, 0.717) is 40.1 Å². The standard InChI is InChI=1S/C17H13N5O/c1-10-14(7-12-3-5-13(8-18)6-4-12)17(23)22-16(20-10)15(9-19)11(2)21-22/h3-6,21H,7H2,1-2H3. The Bertz CT molecular complexity index is 1040. The van der Waals surface area contributed by atoms with Gasteiger partial charge in [-0.3, -0.25) is 9.89 Å². The molecule has 1 aromatic carbocycles. The average molecular weight is 303 g/mol. The van der Waals surface area contributed by atoms with Crippen molar-refractivity contribution in [1.29, 1.82) is 10.5 Å². The maximum Gasteiger partial charge on any atom is 0.276 e. The summed E-state index contributed by atoms with van der Waals surface area (Å²) in [6.45, 7) is 3.51. The lowest BCUT2D eigenvalue weighted by atomic mass is 10.0. The predicted molar refractivity (Wildman–Crippen MR) is 84.0 cm³/mol. The van der Waals surface area contributed by atoms with Gasteiger partial charge >= 0.3 is 0 Å². The Kier molecular flexibility index (Phi) is 3.44. The van der Waals surface area contributed by atoms with Crippen LogP contribution in [0.5, 0.6) is 0 Å². The van der Waals surface area contributed by atoms with Crippen LogP contribution in [0.4, 0.5) is 0 Å². The van der Waals surface area contributed by atoms with Gasteiger partial charge in [0.05, 0.1) is 17.3 Å². The van der Waals surface area contributed by atoms with Gasteiger partial charge in [0, 0.05) is 17.7 Å². The van der Waals surface area contributed by atoms with Crippen LogP contribution in [-0.4, -0.2) is 14.6 Å². The third-order valence-electron chi connectivity index (χ3n) is 3.84. The molecular formula is C17H13N5O. The summed E-state index contributed by atoms with van der Waals surface area (Å²) in [5.74, 6) is 0. The van der Waals surface area contributed by atoms with Crippen molar-refractivity contribution in [3.63, 3.8) is 0 Å². The number of nitrogens with zero attached hydrogens (tertiary/aromatic N) is 4. The summed E-state index contributed by atoms with van der Waals surface area (Å²) in [7, 11) is 0. The third-order valence-corrected chi connectivity index (χ3v) is 3.84. The molecule has 0 saturated heterocycles. The van der Waals surface area contributed by atoms with Gasteiger partial charge in [-0.15, -0.1) is 0 Å². The second-order valence-corrected chi connectivity index (χ2v) is 5.35. The first-order chi connectivity index (χ1) is 11.0. The lowest BCUT2D eigenvalue weighted by molar-refractivity contribution is 0.847. The minimum Gasteiger partial charge on any atom is -0.293 e. The summed E-state index contributed by atoms with van der Waals surface area (Å²) in [6, 6.07) is 11.2. The Morgan fingerprint density at radius 2 is 1.87 bits per heavy atom. The van der Waals surface area contributed by atoms with Crippen molar-refractivity contribution in [2.75, 3.05) is 0 Å². The molecule has 0 saturated carbocycles. The molecule has 3 rings (SSSR count). The lowest BCUT2D eigenvalue weighted by Crippen LogP contribution is -2.22. The molecule has 2 heterocycles. The first kappa shape index (κ1) is 14.6. The molecule has 0 aliphatic heterocycles. The van der Waals surface area contributed by atoms with Crippen molar-refractivity contribution in [2.24, 2.45) is 0 Å². The molecule has 6 heteroatoms. The highest BCUT2D eigenvalue weighted by molar-refractivity contribution is 5.58. The van der Waals surface area contributed by atoms with Crippen molar-refractivity contribution in [1.82, 2.24) is 14.6 Å². The molecular weight excluding hydrogens is 290 g/mol. The van der Waals surface area contributed by atoms with Crippen LogP contribution in [0.25, 0.3) is 5.65 Å². The van der Waals surface area contributed by atoms with E-state index in [9.17, 15) is 10.1 Å². The van der Waals surface area contributed by atoms with Gasteiger partial charge < -0.3 is 0 Å². The molecule has 0 aliphatic carbocycles. The number of benzene rings is 1. The van der Waals surface area contributed by atoms with Gasteiger partial charge in [-0.25, -0.2) is 4.98 Å². The van der Waals surface area contributed by atoms with Crippen LogP contribution in [0.3, 0.4) is 0 Å². The van der Waals surface area contributed by atoms with E-state index in [1.807, 2.05) is 12.1 Å². The van der Waals surface area contributed by atoms with E-state index in [4.69, 9.17) is 5.26 Å². The molecule has 0 amide bonds. The fourth-order valence-corrected chi connectivity index (χ4v) is 2.56. The summed E-state index contributed by atoms with van der Waals surface area (Å²) in [5.41, 5.74) is 3.83. The molecule has 2 aromatic heterocycles. The van der Waals surface area contributed by atoms with Crippen molar-refractivity contribution in [3.05, 3.63) is 68.3 Å². The number of H-pyrrole nitrogens is 1. The van der Waals surface area contributed by atoms with Crippen LogP contribution in [-0.2, 0) is 6.42 Å². The normalized spacial score (nSPS) is 10.4. The van der Waals surface area contributed by atoms with Crippen LogP contribution >= 0.6 is 0 Å². The van der Waals surface area contributed by atoms with Gasteiger partial charge in [0.1, 0.15) is 11.6 Å². The zero-order valence-electron chi connectivity index (χ0n) is 12.7. The van der Waals surface area contributed by atoms with Gasteiger partial charge in [-0.05, 0) is 31.5 Å². The number of rotatable bonds is 2. The summed E-state index contributed by atoms with van der Waals surface area (Å²) >= 11 is 0. The zero-order chi connectivity index (χ0) is 16.6. The molecule has 0 atom stereocenters. The monoisotopic (exact) mass is 303 g/mol. The Morgan fingerprint density at radius 3 is 2.48 bits per heavy atom. The SMILES string of the molecule is Cc1nc2c(C#N)c(C)[nH]n2c(=O)c1Cc1ccc(C#N)cc1. The Balaban J connectivity index is 2.13. The fourth-order valence-electron chi connectivity index (χ4n) is 2.56. The topological polar surface area (TPSA) is 97.7 Å². The van der Waals surface area contributed by atoms with Crippen LogP contribution in [0.1, 0.15) is 33.6 Å². The number of aryl methyl sites for hydroxylation is 2. The Morgan fingerprint density at radius 1 is 1.17 bits per heavy atom. The maximum absolute atomic E-state index is 12.7. The molecule has 0 radical (unpaired) electrons. The number of aromatic nitrogens is 3. The number of hydrogen-bond acceptors (Lipinski definition) is 4. The Hall–Kier alpha value is -3.38. The van der Waals surface area contributed by atoms with E-state index < -0.39 is 0 Å². The van der Waals surface area contributed by atoms with Crippen molar-refractivity contribution < 1.29 is 0 Å². The number of nitriles is 2. The highest BCUT2D eigenvalue weighted by Crippen LogP contribution is 2.15. The highest BCUT2D eigenvalue weighted by atomic mass is 16.1. The lowest BCUT2D eigenvalue weighted by Gasteiger charge is -2.06. The summed E-state index contributed by atoms with van der Waals surface area (Å²) < 4.78 is 1.32. The molecule has 3 aromatic rings. The molecule has 23 heavy (non-hydrogen) atoms. The molecule has 0 fully saturated rings.